The Hall–Kier alpha value is -1.85. The minimum atomic E-state index is -0.340. The number of hydrogen-bond acceptors (Lipinski definition) is 4. The van der Waals surface area contributed by atoms with Gasteiger partial charge in [-0.15, -0.1) is 11.3 Å². The number of hydrogen-bond donors (Lipinski definition) is 1. The van der Waals surface area contributed by atoms with Gasteiger partial charge in [-0.05, 0) is 31.2 Å². The van der Waals surface area contributed by atoms with Gasteiger partial charge >= 0.3 is 0 Å². The molecule has 0 saturated carbocycles. The first kappa shape index (κ1) is 13.6. The van der Waals surface area contributed by atoms with E-state index in [-0.39, 0.29) is 12.3 Å². The fraction of sp³-hybridized carbons (Fsp3) is 0.500. The van der Waals surface area contributed by atoms with Crippen LogP contribution in [-0.2, 0) is 17.6 Å². The van der Waals surface area contributed by atoms with E-state index in [1.807, 2.05) is 6.07 Å². The van der Waals surface area contributed by atoms with Gasteiger partial charge in [-0.25, -0.2) is 0 Å². The first-order valence-corrected chi connectivity index (χ1v) is 7.29. The van der Waals surface area contributed by atoms with Crippen LogP contribution in [-0.4, -0.2) is 5.91 Å². The van der Waals surface area contributed by atoms with Gasteiger partial charge in [0.1, 0.15) is 17.5 Å². The summed E-state index contributed by atoms with van der Waals surface area (Å²) in [6, 6.07) is 4.03. The van der Waals surface area contributed by atoms with Crippen molar-refractivity contribution >= 4 is 22.2 Å². The summed E-state index contributed by atoms with van der Waals surface area (Å²) in [6.45, 7) is 0. The summed E-state index contributed by atoms with van der Waals surface area (Å²) < 4.78 is 0. The van der Waals surface area contributed by atoms with E-state index in [9.17, 15) is 10.1 Å². The second-order valence-electron chi connectivity index (χ2n) is 4.62. The van der Waals surface area contributed by atoms with Gasteiger partial charge in [0.05, 0.1) is 11.6 Å². The molecule has 19 heavy (non-hydrogen) atoms. The van der Waals surface area contributed by atoms with Crippen molar-refractivity contribution in [3.05, 3.63) is 16.0 Å². The molecule has 2 rings (SSSR count). The number of aryl methyl sites for hydroxylation is 1. The molecule has 0 saturated heterocycles. The van der Waals surface area contributed by atoms with Crippen LogP contribution in [0.5, 0.6) is 0 Å². The molecule has 5 heteroatoms. The maximum absolute atomic E-state index is 11.5. The summed E-state index contributed by atoms with van der Waals surface area (Å²) >= 11 is 1.50. The average Bonchev–Trinajstić information content (AvgIpc) is 2.66. The van der Waals surface area contributed by atoms with Gasteiger partial charge in [0.15, 0.2) is 0 Å². The number of nitrogens with one attached hydrogen (secondary N) is 1. The molecule has 1 aliphatic carbocycles. The topological polar surface area (TPSA) is 76.7 Å². The molecule has 0 unspecified atom stereocenters. The molecule has 4 nitrogen and oxygen atoms in total. The van der Waals surface area contributed by atoms with Gasteiger partial charge in [0.25, 0.3) is 0 Å². The number of rotatable bonds is 2. The maximum atomic E-state index is 11.5. The molecular formula is C14H15N3OS. The van der Waals surface area contributed by atoms with Crippen LogP contribution in [0.1, 0.15) is 48.1 Å². The van der Waals surface area contributed by atoms with E-state index in [4.69, 9.17) is 5.26 Å². The van der Waals surface area contributed by atoms with Crippen molar-refractivity contribution in [2.24, 2.45) is 0 Å². The summed E-state index contributed by atoms with van der Waals surface area (Å²) in [7, 11) is 0. The molecule has 0 aromatic carbocycles. The number of fused-ring (bicyclic) bond motifs is 1. The minimum Gasteiger partial charge on any atom is -0.316 e. The smallest absolute Gasteiger partial charge is 0.239 e. The Morgan fingerprint density at radius 2 is 1.95 bits per heavy atom. The van der Waals surface area contributed by atoms with Crippen LogP contribution in [0.4, 0.5) is 5.00 Å². The number of anilines is 1. The number of carbonyl (C=O) groups is 1. The highest BCUT2D eigenvalue weighted by atomic mass is 32.1. The zero-order valence-electron chi connectivity index (χ0n) is 10.7. The molecule has 0 radical (unpaired) electrons. The predicted molar refractivity (Wildman–Crippen MR) is 73.8 cm³/mol. The molecule has 0 fully saturated rings. The van der Waals surface area contributed by atoms with E-state index in [1.165, 1.54) is 29.1 Å². The maximum Gasteiger partial charge on any atom is 0.239 e. The Labute approximate surface area is 116 Å². The van der Waals surface area contributed by atoms with Gasteiger partial charge in [-0.2, -0.15) is 10.5 Å². The Kier molecular flexibility index (Phi) is 4.54. The van der Waals surface area contributed by atoms with Gasteiger partial charge in [0.2, 0.25) is 5.91 Å². The van der Waals surface area contributed by atoms with Crippen LogP contribution in [0.25, 0.3) is 0 Å². The fourth-order valence-electron chi connectivity index (χ4n) is 2.37. The quantitative estimate of drug-likeness (QED) is 0.899. The third-order valence-corrected chi connectivity index (χ3v) is 4.48. The first-order valence-electron chi connectivity index (χ1n) is 6.47. The molecule has 0 aliphatic heterocycles. The zero-order valence-corrected chi connectivity index (χ0v) is 11.5. The summed E-state index contributed by atoms with van der Waals surface area (Å²) in [6.07, 6.45) is 6.42. The molecule has 1 amide bonds. The lowest BCUT2D eigenvalue weighted by Gasteiger charge is -2.08. The van der Waals surface area contributed by atoms with Crippen LogP contribution in [0.15, 0.2) is 0 Å². The zero-order chi connectivity index (χ0) is 13.7. The van der Waals surface area contributed by atoms with Crippen LogP contribution >= 0.6 is 11.3 Å². The second kappa shape index (κ2) is 6.36. The molecule has 98 valence electrons. The van der Waals surface area contributed by atoms with Crippen molar-refractivity contribution in [2.75, 3.05) is 5.32 Å². The van der Waals surface area contributed by atoms with E-state index in [1.54, 1.807) is 0 Å². The van der Waals surface area contributed by atoms with Gasteiger partial charge in [-0.1, -0.05) is 12.8 Å². The Morgan fingerprint density at radius 1 is 1.21 bits per heavy atom. The molecule has 0 bridgehead atoms. The number of nitriles is 2. The number of thiophene rings is 1. The van der Waals surface area contributed by atoms with Crippen LogP contribution in [0.2, 0.25) is 0 Å². The highest BCUT2D eigenvalue weighted by Crippen LogP contribution is 2.36. The Balaban J connectivity index is 2.29. The lowest BCUT2D eigenvalue weighted by atomic mass is 9.97. The predicted octanol–water partition coefficient (Wildman–Crippen LogP) is 3.13. The number of nitrogens with zero attached hydrogens (tertiary/aromatic N) is 2. The van der Waals surface area contributed by atoms with Crippen LogP contribution in [0, 0.1) is 22.7 Å². The largest absolute Gasteiger partial charge is 0.316 e. The fourth-order valence-corrected chi connectivity index (χ4v) is 3.62. The molecule has 1 aromatic heterocycles. The monoisotopic (exact) mass is 273 g/mol. The molecule has 1 aromatic rings. The van der Waals surface area contributed by atoms with Crippen molar-refractivity contribution in [1.29, 1.82) is 10.5 Å². The van der Waals surface area contributed by atoms with Crippen molar-refractivity contribution in [2.45, 2.75) is 44.9 Å². The summed E-state index contributed by atoms with van der Waals surface area (Å²) in [5.74, 6) is -0.340. The van der Waals surface area contributed by atoms with Crippen molar-refractivity contribution in [3.63, 3.8) is 0 Å². The van der Waals surface area contributed by atoms with Crippen LogP contribution < -0.4 is 5.32 Å². The van der Waals surface area contributed by atoms with E-state index in [0.717, 1.165) is 31.2 Å². The molecular weight excluding hydrogens is 258 g/mol. The lowest BCUT2D eigenvalue weighted by molar-refractivity contribution is -0.115. The van der Waals surface area contributed by atoms with Gasteiger partial charge < -0.3 is 5.32 Å². The van der Waals surface area contributed by atoms with Crippen LogP contribution in [0.3, 0.4) is 0 Å². The molecule has 1 heterocycles. The highest BCUT2D eigenvalue weighted by Gasteiger charge is 2.20. The Morgan fingerprint density at radius 3 is 2.63 bits per heavy atom. The number of carbonyl (C=O) groups excluding carboxylic acids is 1. The van der Waals surface area contributed by atoms with E-state index in [0.29, 0.717) is 10.6 Å². The standard InChI is InChI=1S/C14H15N3OS/c15-8-7-13(18)17-14-11(9-16)10-5-3-1-2-4-6-12(10)19-14/h1-7H2,(H,17,18). The first-order chi connectivity index (χ1) is 9.26. The minimum absolute atomic E-state index is 0.173. The summed E-state index contributed by atoms with van der Waals surface area (Å²) in [4.78, 5) is 12.7. The van der Waals surface area contributed by atoms with E-state index < -0.39 is 0 Å². The molecule has 1 N–H and O–H groups in total. The normalized spacial score (nSPS) is 14.4. The van der Waals surface area contributed by atoms with E-state index in [2.05, 4.69) is 11.4 Å². The van der Waals surface area contributed by atoms with Gasteiger partial charge in [0, 0.05) is 4.88 Å². The van der Waals surface area contributed by atoms with Crippen molar-refractivity contribution in [3.8, 4) is 12.1 Å². The van der Waals surface area contributed by atoms with Gasteiger partial charge in [-0.3, -0.25) is 4.79 Å². The molecule has 1 aliphatic rings. The molecule has 0 spiro atoms. The summed E-state index contributed by atoms with van der Waals surface area (Å²) in [5.41, 5.74) is 1.72. The lowest BCUT2D eigenvalue weighted by Crippen LogP contribution is -2.10. The Bertz CT molecular complexity index is 562. The van der Waals surface area contributed by atoms with Crippen molar-refractivity contribution in [1.82, 2.24) is 0 Å². The number of amides is 1. The second-order valence-corrected chi connectivity index (χ2v) is 5.72. The third kappa shape index (κ3) is 3.13. The SMILES string of the molecule is N#CCC(=O)Nc1sc2c(c1C#N)CCCCCC2. The summed E-state index contributed by atoms with van der Waals surface area (Å²) in [5, 5.41) is 21.1. The van der Waals surface area contributed by atoms with E-state index >= 15 is 0 Å². The van der Waals surface area contributed by atoms with Crippen molar-refractivity contribution < 1.29 is 4.79 Å². The third-order valence-electron chi connectivity index (χ3n) is 3.28. The molecule has 0 atom stereocenters. The highest BCUT2D eigenvalue weighted by molar-refractivity contribution is 7.16. The average molecular weight is 273 g/mol.